The zero-order valence-electron chi connectivity index (χ0n) is 10.9. The molecule has 0 radical (unpaired) electrons. The third-order valence-corrected chi connectivity index (χ3v) is 4.01. The van der Waals surface area contributed by atoms with Gasteiger partial charge in [0.1, 0.15) is 5.82 Å². The Morgan fingerprint density at radius 1 is 1.33 bits per heavy atom. The molecule has 2 saturated carbocycles. The maximum atomic E-state index is 5.91. The number of anilines is 2. The first kappa shape index (κ1) is 11.6. The van der Waals surface area contributed by atoms with Crippen LogP contribution >= 0.6 is 0 Å². The molecular weight excluding hydrogens is 226 g/mol. The van der Waals surface area contributed by atoms with E-state index in [1.165, 1.54) is 32.1 Å². The summed E-state index contributed by atoms with van der Waals surface area (Å²) in [4.78, 5) is 6.80. The Bertz CT molecular complexity index is 427. The Hall–Kier alpha value is -1.45. The Labute approximate surface area is 108 Å². The van der Waals surface area contributed by atoms with E-state index >= 15 is 0 Å². The average molecular weight is 247 g/mol. The number of ether oxygens (including phenoxy) is 1. The van der Waals surface area contributed by atoms with E-state index < -0.39 is 0 Å². The van der Waals surface area contributed by atoms with Crippen LogP contribution in [0.4, 0.5) is 11.5 Å². The van der Waals surface area contributed by atoms with Crippen molar-refractivity contribution in [2.75, 3.05) is 24.3 Å². The first-order valence-corrected chi connectivity index (χ1v) is 6.86. The summed E-state index contributed by atoms with van der Waals surface area (Å²) in [6.07, 6.45) is 6.42. The van der Waals surface area contributed by atoms with Crippen LogP contribution in [0, 0.1) is 5.92 Å². The molecule has 98 valence electrons. The van der Waals surface area contributed by atoms with Gasteiger partial charge in [-0.2, -0.15) is 4.98 Å². The molecule has 0 saturated heterocycles. The first-order valence-electron chi connectivity index (χ1n) is 6.86. The lowest BCUT2D eigenvalue weighted by Gasteiger charge is -2.35. The predicted octanol–water partition coefficient (Wildman–Crippen LogP) is 2.44. The summed E-state index contributed by atoms with van der Waals surface area (Å²) in [6, 6.07) is 4.52. The van der Waals surface area contributed by atoms with Gasteiger partial charge in [-0.1, -0.05) is 0 Å². The normalized spacial score (nSPS) is 19.4. The Kier molecular flexibility index (Phi) is 3.02. The van der Waals surface area contributed by atoms with Gasteiger partial charge in [-0.25, -0.2) is 0 Å². The van der Waals surface area contributed by atoms with Crippen molar-refractivity contribution in [1.82, 2.24) is 4.98 Å². The molecule has 4 heteroatoms. The van der Waals surface area contributed by atoms with Crippen molar-refractivity contribution in [1.29, 1.82) is 0 Å². The number of rotatable bonds is 5. The standard InChI is InChI=1S/C14H21N3O/c1-17(11-3-2-4-11)13-8-7-12(15)14(16-13)18-9-10-5-6-10/h7-8,10-11H,2-6,9,15H2,1H3. The van der Waals surface area contributed by atoms with Gasteiger partial charge >= 0.3 is 0 Å². The molecule has 18 heavy (non-hydrogen) atoms. The van der Waals surface area contributed by atoms with E-state index in [0.717, 1.165) is 18.3 Å². The molecule has 1 aromatic heterocycles. The van der Waals surface area contributed by atoms with Crippen molar-refractivity contribution in [2.45, 2.75) is 38.1 Å². The fraction of sp³-hybridized carbons (Fsp3) is 0.643. The number of hydrogen-bond donors (Lipinski definition) is 1. The molecule has 0 aromatic carbocycles. The number of nitrogens with zero attached hydrogens (tertiary/aromatic N) is 2. The van der Waals surface area contributed by atoms with Crippen LogP contribution in [-0.2, 0) is 0 Å². The lowest BCUT2D eigenvalue weighted by molar-refractivity contribution is 0.290. The molecule has 0 amide bonds. The molecule has 0 unspecified atom stereocenters. The Morgan fingerprint density at radius 3 is 2.72 bits per heavy atom. The van der Waals surface area contributed by atoms with Crippen LogP contribution in [0.15, 0.2) is 12.1 Å². The SMILES string of the molecule is CN(c1ccc(N)c(OCC2CC2)n1)C1CCC1. The second-order valence-corrected chi connectivity index (χ2v) is 5.51. The third-order valence-electron chi connectivity index (χ3n) is 4.01. The molecule has 1 aromatic rings. The highest BCUT2D eigenvalue weighted by Crippen LogP contribution is 2.32. The van der Waals surface area contributed by atoms with E-state index in [0.29, 0.717) is 17.6 Å². The Morgan fingerprint density at radius 2 is 2.11 bits per heavy atom. The van der Waals surface area contributed by atoms with E-state index in [2.05, 4.69) is 16.9 Å². The predicted molar refractivity (Wildman–Crippen MR) is 72.9 cm³/mol. The van der Waals surface area contributed by atoms with Crippen molar-refractivity contribution in [3.05, 3.63) is 12.1 Å². The van der Waals surface area contributed by atoms with Crippen molar-refractivity contribution in [3.8, 4) is 5.88 Å². The van der Waals surface area contributed by atoms with Crippen LogP contribution in [-0.4, -0.2) is 24.7 Å². The quantitative estimate of drug-likeness (QED) is 0.868. The molecule has 2 N–H and O–H groups in total. The average Bonchev–Trinajstić information content (AvgIpc) is 3.09. The third kappa shape index (κ3) is 2.37. The monoisotopic (exact) mass is 247 g/mol. The van der Waals surface area contributed by atoms with Crippen LogP contribution in [0.3, 0.4) is 0 Å². The zero-order valence-corrected chi connectivity index (χ0v) is 10.9. The molecule has 2 fully saturated rings. The van der Waals surface area contributed by atoms with Crippen LogP contribution < -0.4 is 15.4 Å². The summed E-state index contributed by atoms with van der Waals surface area (Å²) in [5.74, 6) is 2.30. The van der Waals surface area contributed by atoms with Crippen LogP contribution in [0.1, 0.15) is 32.1 Å². The van der Waals surface area contributed by atoms with Gasteiger partial charge in [-0.05, 0) is 50.2 Å². The molecule has 2 aliphatic rings. The van der Waals surface area contributed by atoms with Crippen molar-refractivity contribution in [2.24, 2.45) is 5.92 Å². The van der Waals surface area contributed by atoms with E-state index in [1.807, 2.05) is 12.1 Å². The van der Waals surface area contributed by atoms with Gasteiger partial charge < -0.3 is 15.4 Å². The molecular formula is C14H21N3O. The number of pyridine rings is 1. The highest BCUT2D eigenvalue weighted by molar-refractivity contribution is 5.54. The van der Waals surface area contributed by atoms with Gasteiger partial charge in [0.15, 0.2) is 0 Å². The molecule has 4 nitrogen and oxygen atoms in total. The molecule has 2 aliphatic carbocycles. The van der Waals surface area contributed by atoms with Gasteiger partial charge in [-0.15, -0.1) is 0 Å². The zero-order chi connectivity index (χ0) is 12.5. The second kappa shape index (κ2) is 4.67. The number of hydrogen-bond acceptors (Lipinski definition) is 4. The van der Waals surface area contributed by atoms with Crippen molar-refractivity contribution >= 4 is 11.5 Å². The van der Waals surface area contributed by atoms with Gasteiger partial charge in [0.25, 0.3) is 0 Å². The molecule has 3 rings (SSSR count). The molecule has 0 aliphatic heterocycles. The van der Waals surface area contributed by atoms with E-state index in [9.17, 15) is 0 Å². The highest BCUT2D eigenvalue weighted by Gasteiger charge is 2.25. The summed E-state index contributed by atoms with van der Waals surface area (Å²) in [7, 11) is 2.10. The summed E-state index contributed by atoms with van der Waals surface area (Å²) < 4.78 is 5.72. The molecule has 0 spiro atoms. The number of nitrogen functional groups attached to an aromatic ring is 1. The second-order valence-electron chi connectivity index (χ2n) is 5.51. The maximum absolute atomic E-state index is 5.91. The van der Waals surface area contributed by atoms with Crippen LogP contribution in [0.25, 0.3) is 0 Å². The summed E-state index contributed by atoms with van der Waals surface area (Å²) in [6.45, 7) is 0.758. The van der Waals surface area contributed by atoms with Crippen LogP contribution in [0.2, 0.25) is 0 Å². The molecule has 0 bridgehead atoms. The fourth-order valence-electron chi connectivity index (χ4n) is 2.20. The van der Waals surface area contributed by atoms with Gasteiger partial charge in [0, 0.05) is 13.1 Å². The number of nitrogens with two attached hydrogens (primary N) is 1. The summed E-state index contributed by atoms with van der Waals surface area (Å²) in [5, 5.41) is 0. The topological polar surface area (TPSA) is 51.4 Å². The minimum Gasteiger partial charge on any atom is -0.476 e. The van der Waals surface area contributed by atoms with Gasteiger partial charge in [0.05, 0.1) is 12.3 Å². The van der Waals surface area contributed by atoms with Gasteiger partial charge in [-0.3, -0.25) is 0 Å². The minimum atomic E-state index is 0.602. The van der Waals surface area contributed by atoms with Crippen molar-refractivity contribution in [3.63, 3.8) is 0 Å². The van der Waals surface area contributed by atoms with Crippen molar-refractivity contribution < 1.29 is 4.74 Å². The minimum absolute atomic E-state index is 0.602. The Balaban J connectivity index is 1.71. The van der Waals surface area contributed by atoms with Crippen LogP contribution in [0.5, 0.6) is 5.88 Å². The van der Waals surface area contributed by atoms with E-state index in [4.69, 9.17) is 10.5 Å². The lowest BCUT2D eigenvalue weighted by atomic mass is 9.92. The summed E-state index contributed by atoms with van der Waals surface area (Å²) >= 11 is 0. The smallest absolute Gasteiger partial charge is 0.239 e. The fourth-order valence-corrected chi connectivity index (χ4v) is 2.20. The van der Waals surface area contributed by atoms with E-state index in [1.54, 1.807) is 0 Å². The summed E-state index contributed by atoms with van der Waals surface area (Å²) in [5.41, 5.74) is 6.55. The maximum Gasteiger partial charge on any atom is 0.239 e. The molecule has 1 heterocycles. The number of aromatic nitrogens is 1. The van der Waals surface area contributed by atoms with E-state index in [-0.39, 0.29) is 0 Å². The first-order chi connectivity index (χ1) is 8.74. The highest BCUT2D eigenvalue weighted by atomic mass is 16.5. The largest absolute Gasteiger partial charge is 0.476 e. The molecule has 0 atom stereocenters. The lowest BCUT2D eigenvalue weighted by Crippen LogP contribution is -2.37. The van der Waals surface area contributed by atoms with Gasteiger partial charge in [0.2, 0.25) is 5.88 Å².